The van der Waals surface area contributed by atoms with E-state index in [1.165, 1.54) is 26.6 Å². The molecule has 0 aliphatic rings. The summed E-state index contributed by atoms with van der Waals surface area (Å²) >= 11 is 0. The third-order valence-corrected chi connectivity index (χ3v) is 4.66. The van der Waals surface area contributed by atoms with Gasteiger partial charge in [-0.15, -0.1) is 0 Å². The molecule has 0 fully saturated rings. The Balaban J connectivity index is 2.42. The van der Waals surface area contributed by atoms with Crippen LogP contribution in [-0.4, -0.2) is 39.6 Å². The fraction of sp³-hybridized carbons (Fsp3) is 0.231. The summed E-state index contributed by atoms with van der Waals surface area (Å²) in [6.45, 7) is 0. The summed E-state index contributed by atoms with van der Waals surface area (Å²) in [7, 11) is 0.856. The maximum atomic E-state index is 12.6. The number of benzene rings is 1. The number of nitrogens with zero attached hydrogens (tertiary/aromatic N) is 3. The van der Waals surface area contributed by atoms with E-state index in [0.29, 0.717) is 17.4 Å². The van der Waals surface area contributed by atoms with Gasteiger partial charge in [-0.05, 0) is 12.1 Å². The van der Waals surface area contributed by atoms with Crippen molar-refractivity contribution in [3.05, 3.63) is 36.7 Å². The normalized spacial score (nSPS) is 11.0. The number of sulfonamides is 1. The van der Waals surface area contributed by atoms with Crippen LogP contribution in [0.25, 0.3) is 0 Å². The monoisotopic (exact) mass is 308 g/mol. The molecule has 0 aliphatic carbocycles. The third kappa shape index (κ3) is 2.89. The Bertz CT molecular complexity index is 716. The predicted octanol–water partition coefficient (Wildman–Crippen LogP) is 1.35. The molecule has 1 heterocycles. The van der Waals surface area contributed by atoms with Gasteiger partial charge in [0.2, 0.25) is 5.95 Å². The van der Waals surface area contributed by atoms with Crippen LogP contribution >= 0.6 is 0 Å². The maximum Gasteiger partial charge on any atom is 0.267 e. The predicted molar refractivity (Wildman–Crippen MR) is 80.2 cm³/mol. The first-order valence-electron chi connectivity index (χ1n) is 6.12. The highest BCUT2D eigenvalue weighted by atomic mass is 32.2. The second-order valence-corrected chi connectivity index (χ2v) is 6.11. The van der Waals surface area contributed by atoms with Crippen molar-refractivity contribution in [2.75, 3.05) is 30.8 Å². The molecule has 0 saturated heterocycles. The summed E-state index contributed by atoms with van der Waals surface area (Å²) in [5.74, 6) is 0.824. The molecule has 0 aliphatic heterocycles. The number of nitrogens with one attached hydrogen (secondary N) is 1. The van der Waals surface area contributed by atoms with Gasteiger partial charge in [-0.25, -0.2) is 18.4 Å². The highest BCUT2D eigenvalue weighted by Crippen LogP contribution is 2.30. The first kappa shape index (κ1) is 15.0. The van der Waals surface area contributed by atoms with Crippen molar-refractivity contribution in [2.24, 2.45) is 0 Å². The van der Waals surface area contributed by atoms with Gasteiger partial charge in [0, 0.05) is 14.1 Å². The SMILES string of the molecule is CNc1ncc(S(=O)(=O)N(C)c2ccccc2OC)cn1. The first-order chi connectivity index (χ1) is 10.0. The molecule has 2 aromatic rings. The smallest absolute Gasteiger partial charge is 0.267 e. The zero-order valence-electron chi connectivity index (χ0n) is 11.9. The zero-order valence-corrected chi connectivity index (χ0v) is 12.8. The van der Waals surface area contributed by atoms with Crippen LogP contribution in [0.4, 0.5) is 11.6 Å². The van der Waals surface area contributed by atoms with Crippen molar-refractivity contribution in [1.29, 1.82) is 0 Å². The quantitative estimate of drug-likeness (QED) is 0.897. The van der Waals surface area contributed by atoms with E-state index in [4.69, 9.17) is 4.74 Å². The minimum absolute atomic E-state index is 0.00917. The Hall–Kier alpha value is -2.35. The van der Waals surface area contributed by atoms with Gasteiger partial charge in [-0.3, -0.25) is 4.31 Å². The van der Waals surface area contributed by atoms with Crippen LogP contribution < -0.4 is 14.4 Å². The van der Waals surface area contributed by atoms with E-state index in [1.54, 1.807) is 31.3 Å². The Morgan fingerprint density at radius 2 is 1.81 bits per heavy atom. The molecule has 2 rings (SSSR count). The van der Waals surface area contributed by atoms with Crippen LogP contribution in [0.5, 0.6) is 5.75 Å². The topological polar surface area (TPSA) is 84.4 Å². The van der Waals surface area contributed by atoms with Gasteiger partial charge in [-0.2, -0.15) is 0 Å². The van der Waals surface area contributed by atoms with Gasteiger partial charge in [0.15, 0.2) is 0 Å². The molecule has 0 spiro atoms. The number of hydrogen-bond donors (Lipinski definition) is 1. The number of para-hydroxylation sites is 2. The lowest BCUT2D eigenvalue weighted by Crippen LogP contribution is -2.27. The van der Waals surface area contributed by atoms with Crippen LogP contribution in [0.1, 0.15) is 0 Å². The van der Waals surface area contributed by atoms with Crippen molar-refractivity contribution in [3.8, 4) is 5.75 Å². The van der Waals surface area contributed by atoms with E-state index >= 15 is 0 Å². The lowest BCUT2D eigenvalue weighted by Gasteiger charge is -2.21. The summed E-state index contributed by atoms with van der Waals surface area (Å²) in [4.78, 5) is 7.85. The van der Waals surface area contributed by atoms with E-state index in [2.05, 4.69) is 15.3 Å². The lowest BCUT2D eigenvalue weighted by atomic mass is 10.3. The van der Waals surface area contributed by atoms with E-state index in [9.17, 15) is 8.42 Å². The van der Waals surface area contributed by atoms with E-state index in [1.807, 2.05) is 0 Å². The molecule has 0 amide bonds. The average Bonchev–Trinajstić information content (AvgIpc) is 2.54. The highest BCUT2D eigenvalue weighted by Gasteiger charge is 2.24. The molecule has 1 aromatic carbocycles. The molecule has 112 valence electrons. The molecule has 0 saturated carbocycles. The lowest BCUT2D eigenvalue weighted by molar-refractivity contribution is 0.416. The molecule has 1 aromatic heterocycles. The van der Waals surface area contributed by atoms with Crippen LogP contribution in [-0.2, 0) is 10.0 Å². The van der Waals surface area contributed by atoms with E-state index < -0.39 is 10.0 Å². The van der Waals surface area contributed by atoms with Crippen molar-refractivity contribution < 1.29 is 13.2 Å². The number of ether oxygens (including phenoxy) is 1. The van der Waals surface area contributed by atoms with Gasteiger partial charge in [0.05, 0.1) is 25.2 Å². The molecule has 21 heavy (non-hydrogen) atoms. The summed E-state index contributed by atoms with van der Waals surface area (Å²) in [6, 6.07) is 6.87. The van der Waals surface area contributed by atoms with Gasteiger partial charge < -0.3 is 10.1 Å². The Morgan fingerprint density at radius 1 is 1.19 bits per heavy atom. The molecule has 0 bridgehead atoms. The second-order valence-electron chi connectivity index (χ2n) is 4.14. The average molecular weight is 308 g/mol. The highest BCUT2D eigenvalue weighted by molar-refractivity contribution is 7.92. The second kappa shape index (κ2) is 5.96. The summed E-state index contributed by atoms with van der Waals surface area (Å²) in [6.07, 6.45) is 2.53. The van der Waals surface area contributed by atoms with Crippen LogP contribution in [0, 0.1) is 0 Å². The van der Waals surface area contributed by atoms with Gasteiger partial charge >= 0.3 is 0 Å². The largest absolute Gasteiger partial charge is 0.495 e. The van der Waals surface area contributed by atoms with Crippen LogP contribution in [0.3, 0.4) is 0 Å². The van der Waals surface area contributed by atoms with Crippen LogP contribution in [0.15, 0.2) is 41.6 Å². The third-order valence-electron chi connectivity index (χ3n) is 2.93. The number of hydrogen-bond acceptors (Lipinski definition) is 6. The van der Waals surface area contributed by atoms with E-state index in [-0.39, 0.29) is 4.90 Å². The van der Waals surface area contributed by atoms with E-state index in [0.717, 1.165) is 4.31 Å². The maximum absolute atomic E-state index is 12.6. The fourth-order valence-corrected chi connectivity index (χ4v) is 2.85. The summed E-state index contributed by atoms with van der Waals surface area (Å²) in [5.41, 5.74) is 0.442. The van der Waals surface area contributed by atoms with Crippen molar-refractivity contribution in [3.63, 3.8) is 0 Å². The molecular formula is C13H16N4O3S. The van der Waals surface area contributed by atoms with Crippen molar-refractivity contribution >= 4 is 21.7 Å². The Kier molecular flexibility index (Phi) is 4.27. The van der Waals surface area contributed by atoms with Gasteiger partial charge in [0.25, 0.3) is 10.0 Å². The molecule has 0 radical (unpaired) electrons. The molecular weight excluding hydrogens is 292 g/mol. The molecule has 8 heteroatoms. The minimum atomic E-state index is -3.75. The number of aromatic nitrogens is 2. The minimum Gasteiger partial charge on any atom is -0.495 e. The molecule has 0 unspecified atom stereocenters. The number of methoxy groups -OCH3 is 1. The number of anilines is 2. The molecule has 7 nitrogen and oxygen atoms in total. The summed E-state index contributed by atoms with van der Waals surface area (Å²) in [5, 5.41) is 2.73. The fourth-order valence-electron chi connectivity index (χ4n) is 1.76. The zero-order chi connectivity index (χ0) is 15.5. The Morgan fingerprint density at radius 3 is 2.38 bits per heavy atom. The standard InChI is InChI=1S/C13H16N4O3S/c1-14-13-15-8-10(9-16-13)21(18,19)17(2)11-6-4-5-7-12(11)20-3/h4-9H,1-3H3,(H,14,15,16). The van der Waals surface area contributed by atoms with Gasteiger partial charge in [-0.1, -0.05) is 12.1 Å². The number of rotatable bonds is 5. The molecule has 0 atom stereocenters. The van der Waals surface area contributed by atoms with Crippen molar-refractivity contribution in [1.82, 2.24) is 9.97 Å². The van der Waals surface area contributed by atoms with Crippen molar-refractivity contribution in [2.45, 2.75) is 4.90 Å². The molecule has 1 N–H and O–H groups in total. The summed E-state index contributed by atoms with van der Waals surface area (Å²) < 4.78 is 31.5. The van der Waals surface area contributed by atoms with Crippen LogP contribution in [0.2, 0.25) is 0 Å². The van der Waals surface area contributed by atoms with Gasteiger partial charge in [0.1, 0.15) is 10.6 Å². The Labute approximate surface area is 123 Å². The first-order valence-corrected chi connectivity index (χ1v) is 7.56.